The van der Waals surface area contributed by atoms with Gasteiger partial charge in [0, 0.05) is 13.1 Å². The Balaban J connectivity index is 2.23. The Morgan fingerprint density at radius 1 is 1.37 bits per heavy atom. The average molecular weight is 286 g/mol. The van der Waals surface area contributed by atoms with Gasteiger partial charge < -0.3 is 5.73 Å². The summed E-state index contributed by atoms with van der Waals surface area (Å²) in [5.41, 5.74) is 6.29. The molecule has 1 aliphatic heterocycles. The van der Waals surface area contributed by atoms with Gasteiger partial charge in [0.25, 0.3) is 0 Å². The molecule has 0 saturated carbocycles. The van der Waals surface area contributed by atoms with Crippen LogP contribution in [0.15, 0.2) is 23.1 Å². The monoisotopic (exact) mass is 286 g/mol. The van der Waals surface area contributed by atoms with Crippen molar-refractivity contribution in [2.24, 2.45) is 11.7 Å². The van der Waals surface area contributed by atoms with E-state index in [2.05, 4.69) is 0 Å². The molecule has 1 aromatic carbocycles. The number of aryl methyl sites for hydroxylation is 1. The van der Waals surface area contributed by atoms with Crippen LogP contribution in [0.3, 0.4) is 0 Å². The zero-order valence-electron chi connectivity index (χ0n) is 11.0. The lowest BCUT2D eigenvalue weighted by Crippen LogP contribution is -2.40. The van der Waals surface area contributed by atoms with E-state index in [9.17, 15) is 12.8 Å². The van der Waals surface area contributed by atoms with E-state index in [4.69, 9.17) is 5.73 Å². The highest BCUT2D eigenvalue weighted by molar-refractivity contribution is 7.89. The fraction of sp³-hybridized carbons (Fsp3) is 0.538. The summed E-state index contributed by atoms with van der Waals surface area (Å²) in [5, 5.41) is 0. The first-order valence-corrected chi connectivity index (χ1v) is 7.85. The predicted octanol–water partition coefficient (Wildman–Crippen LogP) is 1.49. The van der Waals surface area contributed by atoms with Crippen LogP contribution >= 0.6 is 0 Å². The summed E-state index contributed by atoms with van der Waals surface area (Å²) in [4.78, 5) is -0.232. The third kappa shape index (κ3) is 2.96. The van der Waals surface area contributed by atoms with Crippen molar-refractivity contribution in [3.63, 3.8) is 0 Å². The number of nitrogens with two attached hydrogens (primary N) is 1. The number of benzene rings is 1. The second kappa shape index (κ2) is 5.56. The van der Waals surface area contributed by atoms with Crippen LogP contribution in [0.25, 0.3) is 0 Å². The summed E-state index contributed by atoms with van der Waals surface area (Å²) in [7, 11) is -3.72. The van der Waals surface area contributed by atoms with Crippen molar-refractivity contribution in [1.29, 1.82) is 0 Å². The lowest BCUT2D eigenvalue weighted by molar-refractivity contribution is 0.278. The largest absolute Gasteiger partial charge is 0.330 e. The maximum Gasteiger partial charge on any atom is 0.245 e. The van der Waals surface area contributed by atoms with E-state index in [1.165, 1.54) is 16.4 Å². The Morgan fingerprint density at radius 3 is 2.53 bits per heavy atom. The molecule has 4 nitrogen and oxygen atoms in total. The highest BCUT2D eigenvalue weighted by atomic mass is 32.2. The van der Waals surface area contributed by atoms with Gasteiger partial charge in [-0.15, -0.1) is 0 Å². The number of sulfonamides is 1. The van der Waals surface area contributed by atoms with E-state index in [-0.39, 0.29) is 4.90 Å². The van der Waals surface area contributed by atoms with Gasteiger partial charge in [-0.05, 0) is 49.9 Å². The smallest absolute Gasteiger partial charge is 0.245 e. The molecule has 0 aliphatic carbocycles. The molecule has 0 radical (unpaired) electrons. The van der Waals surface area contributed by atoms with Crippen LogP contribution in [-0.2, 0) is 10.0 Å². The summed E-state index contributed by atoms with van der Waals surface area (Å²) in [5.74, 6) is -0.310. The summed E-state index contributed by atoms with van der Waals surface area (Å²) in [6.45, 7) is 3.13. The van der Waals surface area contributed by atoms with E-state index < -0.39 is 15.8 Å². The molecule has 1 aromatic rings. The van der Waals surface area contributed by atoms with Gasteiger partial charge in [-0.3, -0.25) is 0 Å². The average Bonchev–Trinajstić information content (AvgIpc) is 2.38. The molecule has 0 aromatic heterocycles. The molecule has 0 unspecified atom stereocenters. The minimum Gasteiger partial charge on any atom is -0.330 e. The second-order valence-corrected chi connectivity index (χ2v) is 6.92. The molecular formula is C13H19FN2O2S. The Hall–Kier alpha value is -0.980. The molecule has 2 N–H and O–H groups in total. The van der Waals surface area contributed by atoms with Crippen molar-refractivity contribution in [1.82, 2.24) is 4.31 Å². The number of piperidine rings is 1. The summed E-state index contributed by atoms with van der Waals surface area (Å²) in [6.07, 6.45) is 1.48. The van der Waals surface area contributed by atoms with Crippen LogP contribution in [0.4, 0.5) is 4.39 Å². The second-order valence-electron chi connectivity index (χ2n) is 5.02. The number of nitrogens with zero attached hydrogens (tertiary/aromatic N) is 1. The van der Waals surface area contributed by atoms with Crippen molar-refractivity contribution >= 4 is 10.0 Å². The Bertz CT molecular complexity index is 552. The van der Waals surface area contributed by atoms with Gasteiger partial charge >= 0.3 is 0 Å². The fourth-order valence-electron chi connectivity index (χ4n) is 2.34. The number of halogens is 1. The van der Waals surface area contributed by atoms with E-state index in [0.29, 0.717) is 31.1 Å². The molecule has 1 fully saturated rings. The fourth-order valence-corrected chi connectivity index (χ4v) is 3.85. The SMILES string of the molecule is Cc1ccc(S(=O)(=O)N2CCC(CN)CC2)c(F)c1. The van der Waals surface area contributed by atoms with Gasteiger partial charge in [-0.2, -0.15) is 4.31 Å². The van der Waals surface area contributed by atoms with Crippen LogP contribution in [0.2, 0.25) is 0 Å². The molecule has 6 heteroatoms. The molecule has 0 atom stereocenters. The quantitative estimate of drug-likeness (QED) is 0.915. The molecule has 106 valence electrons. The number of rotatable bonds is 3. The van der Waals surface area contributed by atoms with Crippen molar-refractivity contribution in [3.05, 3.63) is 29.6 Å². The van der Waals surface area contributed by atoms with Gasteiger partial charge in [0.15, 0.2) is 0 Å². The zero-order chi connectivity index (χ0) is 14.0. The van der Waals surface area contributed by atoms with Crippen LogP contribution in [0.5, 0.6) is 0 Å². The van der Waals surface area contributed by atoms with E-state index in [0.717, 1.165) is 12.8 Å². The molecule has 1 saturated heterocycles. The minimum absolute atomic E-state index is 0.232. The predicted molar refractivity (Wildman–Crippen MR) is 71.7 cm³/mol. The Labute approximate surface area is 113 Å². The van der Waals surface area contributed by atoms with Crippen LogP contribution in [-0.4, -0.2) is 32.4 Å². The first kappa shape index (κ1) is 14.4. The van der Waals surface area contributed by atoms with Crippen LogP contribution in [0, 0.1) is 18.7 Å². The summed E-state index contributed by atoms with van der Waals surface area (Å²) >= 11 is 0. The molecule has 19 heavy (non-hydrogen) atoms. The molecule has 1 aliphatic rings. The standard InChI is InChI=1S/C13H19FN2O2S/c1-10-2-3-13(12(14)8-10)19(17,18)16-6-4-11(9-15)5-7-16/h2-3,8,11H,4-7,9,15H2,1H3. The highest BCUT2D eigenvalue weighted by Gasteiger charge is 2.30. The van der Waals surface area contributed by atoms with Crippen molar-refractivity contribution in [2.45, 2.75) is 24.7 Å². The first-order chi connectivity index (χ1) is 8.95. The van der Waals surface area contributed by atoms with Crippen LogP contribution in [0.1, 0.15) is 18.4 Å². The van der Waals surface area contributed by atoms with Crippen LogP contribution < -0.4 is 5.73 Å². The maximum atomic E-state index is 13.8. The van der Waals surface area contributed by atoms with Crippen molar-refractivity contribution in [2.75, 3.05) is 19.6 Å². The molecule has 0 bridgehead atoms. The lowest BCUT2D eigenvalue weighted by atomic mass is 9.99. The van der Waals surface area contributed by atoms with E-state index in [1.807, 2.05) is 0 Å². The zero-order valence-corrected chi connectivity index (χ0v) is 11.8. The Kier molecular flexibility index (Phi) is 4.23. The maximum absolute atomic E-state index is 13.8. The summed E-state index contributed by atoms with van der Waals surface area (Å²) < 4.78 is 39.9. The molecule has 1 heterocycles. The van der Waals surface area contributed by atoms with E-state index in [1.54, 1.807) is 13.0 Å². The molecular weight excluding hydrogens is 267 g/mol. The molecule has 0 spiro atoms. The van der Waals surface area contributed by atoms with Gasteiger partial charge in [0.05, 0.1) is 0 Å². The van der Waals surface area contributed by atoms with Crippen molar-refractivity contribution in [3.8, 4) is 0 Å². The van der Waals surface area contributed by atoms with E-state index >= 15 is 0 Å². The summed E-state index contributed by atoms with van der Waals surface area (Å²) in [6, 6.07) is 4.21. The topological polar surface area (TPSA) is 63.4 Å². The van der Waals surface area contributed by atoms with Gasteiger partial charge in [0.2, 0.25) is 10.0 Å². The molecule has 2 rings (SSSR count). The van der Waals surface area contributed by atoms with Gasteiger partial charge in [0.1, 0.15) is 10.7 Å². The minimum atomic E-state index is -3.72. The normalized spacial score (nSPS) is 18.7. The number of hydrogen-bond donors (Lipinski definition) is 1. The van der Waals surface area contributed by atoms with Crippen molar-refractivity contribution < 1.29 is 12.8 Å². The Morgan fingerprint density at radius 2 is 2.00 bits per heavy atom. The number of hydrogen-bond acceptors (Lipinski definition) is 3. The first-order valence-electron chi connectivity index (χ1n) is 6.41. The third-order valence-electron chi connectivity index (χ3n) is 3.61. The third-order valence-corrected chi connectivity index (χ3v) is 5.54. The van der Waals surface area contributed by atoms with Gasteiger partial charge in [-0.25, -0.2) is 12.8 Å². The molecule has 0 amide bonds. The lowest BCUT2D eigenvalue weighted by Gasteiger charge is -2.30. The van der Waals surface area contributed by atoms with Gasteiger partial charge in [-0.1, -0.05) is 6.07 Å². The highest BCUT2D eigenvalue weighted by Crippen LogP contribution is 2.25.